The average Bonchev–Trinajstić information content (AvgIpc) is 3.66. The van der Waals surface area contributed by atoms with Crippen LogP contribution >= 0.6 is 12.4 Å². The van der Waals surface area contributed by atoms with Crippen molar-refractivity contribution < 1.29 is 18.0 Å². The predicted octanol–water partition coefficient (Wildman–Crippen LogP) is 3.78. The number of nitrogens with zero attached hydrogens (tertiary/aromatic N) is 2. The van der Waals surface area contributed by atoms with Gasteiger partial charge in [-0.25, -0.2) is 8.42 Å². The van der Waals surface area contributed by atoms with Crippen molar-refractivity contribution >= 4 is 34.1 Å². The molecular weight excluding hydrogens is 522 g/mol. The quantitative estimate of drug-likeness (QED) is 0.505. The Hall–Kier alpha value is -2.42. The van der Waals surface area contributed by atoms with Gasteiger partial charge in [-0.1, -0.05) is 42.5 Å². The van der Waals surface area contributed by atoms with Crippen molar-refractivity contribution in [3.63, 3.8) is 0 Å². The number of hydrogen-bond donors (Lipinski definition) is 1. The van der Waals surface area contributed by atoms with Gasteiger partial charge in [0.15, 0.2) is 9.84 Å². The van der Waals surface area contributed by atoms with Crippen LogP contribution in [-0.4, -0.2) is 68.5 Å². The lowest BCUT2D eigenvalue weighted by Gasteiger charge is -2.38. The highest BCUT2D eigenvalue weighted by molar-refractivity contribution is 7.90. The average molecular weight is 560 g/mol. The number of sulfone groups is 1. The Labute approximate surface area is 232 Å². The van der Waals surface area contributed by atoms with Crippen LogP contribution in [0.4, 0.5) is 0 Å². The smallest absolute Gasteiger partial charge is 0.229 e. The van der Waals surface area contributed by atoms with E-state index in [2.05, 4.69) is 10.2 Å². The molecule has 0 bridgehead atoms. The summed E-state index contributed by atoms with van der Waals surface area (Å²) in [7, 11) is -3.23. The predicted molar refractivity (Wildman–Crippen MR) is 150 cm³/mol. The molecule has 2 aromatic carbocycles. The van der Waals surface area contributed by atoms with Gasteiger partial charge in [-0.3, -0.25) is 9.59 Å². The number of carbonyl (C=O) groups excluding carboxylic acids is 2. The molecule has 3 aliphatic rings. The lowest BCUT2D eigenvalue weighted by atomic mass is 9.77. The molecule has 1 aliphatic carbocycles. The van der Waals surface area contributed by atoms with E-state index in [1.807, 2.05) is 35.2 Å². The van der Waals surface area contributed by atoms with E-state index in [9.17, 15) is 18.0 Å². The first-order chi connectivity index (χ1) is 17.7. The Morgan fingerprint density at radius 1 is 1.00 bits per heavy atom. The van der Waals surface area contributed by atoms with Crippen molar-refractivity contribution in [3.8, 4) is 0 Å². The monoisotopic (exact) mass is 559 g/mol. The number of hydrogen-bond acceptors (Lipinski definition) is 5. The first kappa shape index (κ1) is 28.6. The Bertz CT molecular complexity index is 1220. The molecule has 0 aromatic heterocycles. The van der Waals surface area contributed by atoms with Crippen LogP contribution in [-0.2, 0) is 26.0 Å². The standard InChI is InChI=1S/C29H37N3O4S.ClH/c1-37(35,36)25-11-7-22(8-12-25)21-32-20-16-29(28(32)34)14-18-31(19-15-29)17-13-26(23-5-3-2-4-6-23)27(33)30-24-9-10-24;/h2-8,11-12,24,26H,9-10,13-21H2,1H3,(H,30,33);1H. The van der Waals surface area contributed by atoms with E-state index in [1.165, 1.54) is 6.26 Å². The fourth-order valence-electron chi connectivity index (χ4n) is 5.75. The second kappa shape index (κ2) is 11.8. The minimum absolute atomic E-state index is 0. The molecule has 206 valence electrons. The van der Waals surface area contributed by atoms with E-state index in [4.69, 9.17) is 0 Å². The fourth-order valence-corrected chi connectivity index (χ4v) is 6.38. The highest BCUT2D eigenvalue weighted by Crippen LogP contribution is 2.42. The highest BCUT2D eigenvalue weighted by Gasteiger charge is 2.47. The molecule has 1 spiro atoms. The molecule has 1 N–H and O–H groups in total. The van der Waals surface area contributed by atoms with Crippen LogP contribution in [0, 0.1) is 5.41 Å². The minimum atomic E-state index is -3.23. The summed E-state index contributed by atoms with van der Waals surface area (Å²) in [6, 6.07) is 17.3. The fraction of sp³-hybridized carbons (Fsp3) is 0.517. The molecule has 2 amide bonds. The van der Waals surface area contributed by atoms with Gasteiger partial charge < -0.3 is 15.1 Å². The van der Waals surface area contributed by atoms with Gasteiger partial charge in [0, 0.05) is 25.4 Å². The molecule has 3 fully saturated rings. The maximum absolute atomic E-state index is 13.4. The lowest BCUT2D eigenvalue weighted by Crippen LogP contribution is -2.45. The molecule has 9 heteroatoms. The molecule has 7 nitrogen and oxygen atoms in total. The van der Waals surface area contributed by atoms with Crippen LogP contribution in [0.15, 0.2) is 59.5 Å². The van der Waals surface area contributed by atoms with Gasteiger partial charge in [-0.15, -0.1) is 12.4 Å². The largest absolute Gasteiger partial charge is 0.353 e. The number of amides is 2. The van der Waals surface area contributed by atoms with E-state index < -0.39 is 9.84 Å². The van der Waals surface area contributed by atoms with Gasteiger partial charge in [0.2, 0.25) is 11.8 Å². The first-order valence-electron chi connectivity index (χ1n) is 13.4. The number of halogens is 1. The van der Waals surface area contributed by atoms with E-state index >= 15 is 0 Å². The van der Waals surface area contributed by atoms with Gasteiger partial charge in [-0.05, 0) is 81.4 Å². The Kier molecular flexibility index (Phi) is 8.85. The number of likely N-dealkylation sites (tertiary alicyclic amines) is 2. The number of carbonyl (C=O) groups is 2. The molecule has 2 aliphatic heterocycles. The molecule has 0 radical (unpaired) electrons. The van der Waals surface area contributed by atoms with Gasteiger partial charge in [0.25, 0.3) is 0 Å². The topological polar surface area (TPSA) is 86.8 Å². The Balaban J connectivity index is 0.00000336. The van der Waals surface area contributed by atoms with Gasteiger partial charge in [0.1, 0.15) is 0 Å². The van der Waals surface area contributed by atoms with Gasteiger partial charge in [-0.2, -0.15) is 0 Å². The van der Waals surface area contributed by atoms with Crippen molar-refractivity contribution in [1.82, 2.24) is 15.1 Å². The van der Waals surface area contributed by atoms with Crippen molar-refractivity contribution in [1.29, 1.82) is 0 Å². The van der Waals surface area contributed by atoms with Crippen LogP contribution in [0.3, 0.4) is 0 Å². The molecule has 1 saturated carbocycles. The minimum Gasteiger partial charge on any atom is -0.353 e. The van der Waals surface area contributed by atoms with E-state index in [0.29, 0.717) is 17.5 Å². The summed E-state index contributed by atoms with van der Waals surface area (Å²) in [5.74, 6) is 0.217. The summed E-state index contributed by atoms with van der Waals surface area (Å²) in [5.41, 5.74) is 1.73. The zero-order valence-corrected chi connectivity index (χ0v) is 23.6. The summed E-state index contributed by atoms with van der Waals surface area (Å²) in [5, 5.41) is 3.18. The zero-order chi connectivity index (χ0) is 26.0. The first-order valence-corrected chi connectivity index (χ1v) is 15.3. The molecular formula is C29H38ClN3O4S. The van der Waals surface area contributed by atoms with Crippen molar-refractivity contribution in [2.24, 2.45) is 5.41 Å². The summed E-state index contributed by atoms with van der Waals surface area (Å²) >= 11 is 0. The summed E-state index contributed by atoms with van der Waals surface area (Å²) in [6.07, 6.45) is 6.71. The highest BCUT2D eigenvalue weighted by atomic mass is 35.5. The molecule has 2 aromatic rings. The Morgan fingerprint density at radius 2 is 1.63 bits per heavy atom. The van der Waals surface area contributed by atoms with E-state index in [-0.39, 0.29) is 35.6 Å². The third-order valence-corrected chi connectivity index (χ3v) is 9.44. The van der Waals surface area contributed by atoms with Crippen LogP contribution < -0.4 is 5.32 Å². The van der Waals surface area contributed by atoms with Crippen LogP contribution in [0.25, 0.3) is 0 Å². The second-order valence-electron chi connectivity index (χ2n) is 11.0. The van der Waals surface area contributed by atoms with E-state index in [0.717, 1.165) is 75.8 Å². The molecule has 38 heavy (non-hydrogen) atoms. The summed E-state index contributed by atoms with van der Waals surface area (Å²) < 4.78 is 23.4. The zero-order valence-electron chi connectivity index (χ0n) is 22.0. The maximum Gasteiger partial charge on any atom is 0.229 e. The van der Waals surface area contributed by atoms with Crippen LogP contribution in [0.5, 0.6) is 0 Å². The number of nitrogens with one attached hydrogen (secondary N) is 1. The number of benzene rings is 2. The van der Waals surface area contributed by atoms with Gasteiger partial charge in [0.05, 0.1) is 16.2 Å². The molecule has 2 saturated heterocycles. The molecule has 1 atom stereocenters. The molecule has 5 rings (SSSR count). The van der Waals surface area contributed by atoms with E-state index in [1.54, 1.807) is 24.3 Å². The number of rotatable bonds is 9. The van der Waals surface area contributed by atoms with Crippen LogP contribution in [0.1, 0.15) is 55.6 Å². The third-order valence-electron chi connectivity index (χ3n) is 8.32. The van der Waals surface area contributed by atoms with Crippen molar-refractivity contribution in [3.05, 3.63) is 65.7 Å². The summed E-state index contributed by atoms with van der Waals surface area (Å²) in [6.45, 7) is 3.84. The summed E-state index contributed by atoms with van der Waals surface area (Å²) in [4.78, 5) is 31.0. The van der Waals surface area contributed by atoms with Crippen molar-refractivity contribution in [2.75, 3.05) is 32.4 Å². The van der Waals surface area contributed by atoms with Gasteiger partial charge >= 0.3 is 0 Å². The second-order valence-corrected chi connectivity index (χ2v) is 13.1. The Morgan fingerprint density at radius 3 is 2.24 bits per heavy atom. The molecule has 1 unspecified atom stereocenters. The third kappa shape index (κ3) is 6.58. The normalized spacial score (nSPS) is 20.2. The van der Waals surface area contributed by atoms with Crippen molar-refractivity contribution in [2.45, 2.75) is 61.9 Å². The number of piperidine rings is 1. The lowest BCUT2D eigenvalue weighted by molar-refractivity contribution is -0.138. The maximum atomic E-state index is 13.4. The molecule has 2 heterocycles. The SMILES string of the molecule is CS(=O)(=O)c1ccc(CN2CCC3(CCN(CCC(C(=O)NC4CC4)c4ccccc4)CC3)C2=O)cc1.Cl. The van der Waals surface area contributed by atoms with Crippen LogP contribution in [0.2, 0.25) is 0 Å².